The van der Waals surface area contributed by atoms with Gasteiger partial charge in [0.05, 0.1) is 17.7 Å². The van der Waals surface area contributed by atoms with Gasteiger partial charge in [0, 0.05) is 27.1 Å². The third-order valence-corrected chi connectivity index (χ3v) is 5.20. The minimum absolute atomic E-state index is 0.0303. The van der Waals surface area contributed by atoms with Crippen LogP contribution in [-0.4, -0.2) is 49.1 Å². The topological polar surface area (TPSA) is 58.6 Å². The number of fused-ring (bicyclic) bond motifs is 1. The summed E-state index contributed by atoms with van der Waals surface area (Å²) in [5.41, 5.74) is 0.123. The highest BCUT2D eigenvalue weighted by Gasteiger charge is 2.44. The van der Waals surface area contributed by atoms with Gasteiger partial charge >= 0.3 is 0 Å². The predicted molar refractivity (Wildman–Crippen MR) is 86.9 cm³/mol. The molecule has 1 aromatic carbocycles. The Morgan fingerprint density at radius 2 is 1.88 bits per heavy atom. The van der Waals surface area contributed by atoms with E-state index in [1.54, 1.807) is 24.1 Å². The Labute approximate surface area is 141 Å². The normalized spacial score (nSPS) is 29.2. The maximum absolute atomic E-state index is 13.9. The van der Waals surface area contributed by atoms with Crippen molar-refractivity contribution in [3.05, 3.63) is 35.6 Å². The Morgan fingerprint density at radius 1 is 1.21 bits per heavy atom. The first-order chi connectivity index (χ1) is 11.5. The molecule has 0 aromatic heterocycles. The van der Waals surface area contributed by atoms with E-state index >= 15 is 0 Å². The van der Waals surface area contributed by atoms with Crippen LogP contribution in [0.5, 0.6) is 0 Å². The van der Waals surface area contributed by atoms with Crippen LogP contribution in [0.25, 0.3) is 0 Å². The zero-order valence-corrected chi connectivity index (χ0v) is 14.0. The van der Waals surface area contributed by atoms with Crippen LogP contribution in [0, 0.1) is 17.7 Å². The molecule has 1 aromatic rings. The number of carbonyl (C=O) groups is 2. The molecule has 2 fully saturated rings. The van der Waals surface area contributed by atoms with Crippen molar-refractivity contribution in [1.29, 1.82) is 0 Å². The third-order valence-electron chi connectivity index (χ3n) is 5.20. The minimum Gasteiger partial charge on any atom is -0.379 e. The first-order valence-corrected chi connectivity index (χ1v) is 8.33. The van der Waals surface area contributed by atoms with Crippen molar-refractivity contribution in [3.8, 4) is 0 Å². The summed E-state index contributed by atoms with van der Waals surface area (Å²) in [5.74, 6) is -0.173. The second kappa shape index (κ2) is 6.89. The van der Waals surface area contributed by atoms with Gasteiger partial charge < -0.3 is 15.0 Å². The number of rotatable bonds is 3. The molecule has 0 spiro atoms. The molecule has 5 nitrogen and oxygen atoms in total. The largest absolute Gasteiger partial charge is 0.379 e. The summed E-state index contributed by atoms with van der Waals surface area (Å²) in [5, 5.41) is 2.95. The number of likely N-dealkylation sites (tertiary alicyclic amines) is 1. The van der Waals surface area contributed by atoms with Gasteiger partial charge in [-0.05, 0) is 36.8 Å². The van der Waals surface area contributed by atoms with Crippen molar-refractivity contribution in [3.63, 3.8) is 0 Å². The van der Waals surface area contributed by atoms with Crippen LogP contribution in [0.4, 0.5) is 4.39 Å². The lowest BCUT2D eigenvalue weighted by atomic mass is 9.77. The number of hydrogen-bond donors (Lipinski definition) is 1. The fourth-order valence-electron chi connectivity index (χ4n) is 4.06. The number of amides is 2. The Hall–Kier alpha value is -1.95. The molecule has 4 atom stereocenters. The smallest absolute Gasteiger partial charge is 0.256 e. The molecular formula is C18H23FN2O3. The minimum atomic E-state index is -0.483. The highest BCUT2D eigenvalue weighted by molar-refractivity contribution is 5.94. The van der Waals surface area contributed by atoms with Crippen molar-refractivity contribution < 1.29 is 18.7 Å². The van der Waals surface area contributed by atoms with Crippen LogP contribution < -0.4 is 5.32 Å². The number of nitrogens with zero attached hydrogens (tertiary/aromatic N) is 1. The number of nitrogens with one attached hydrogen (secondary N) is 1. The number of carbonyl (C=O) groups excluding carboxylic acids is 2. The molecule has 1 heterocycles. The van der Waals surface area contributed by atoms with E-state index in [0.29, 0.717) is 24.9 Å². The second-order valence-corrected chi connectivity index (χ2v) is 6.76. The van der Waals surface area contributed by atoms with Gasteiger partial charge in [-0.3, -0.25) is 9.59 Å². The van der Waals surface area contributed by atoms with Gasteiger partial charge in [0.2, 0.25) is 5.91 Å². The molecule has 2 aliphatic rings. The summed E-state index contributed by atoms with van der Waals surface area (Å²) in [6.45, 7) is 2.72. The quantitative estimate of drug-likeness (QED) is 0.917. The Kier molecular flexibility index (Phi) is 4.85. The highest BCUT2D eigenvalue weighted by Crippen LogP contribution is 2.38. The molecule has 0 unspecified atom stereocenters. The molecule has 130 valence electrons. The lowest BCUT2D eigenvalue weighted by Gasteiger charge is -2.37. The maximum atomic E-state index is 13.9. The number of methoxy groups -OCH3 is 1. The third kappa shape index (κ3) is 3.29. The SMILES string of the molecule is CO[C@@H]1C[C@H]2CN(C(=O)c3ccccc3F)C[C@H]2C[C@H]1NC(C)=O. The zero-order valence-electron chi connectivity index (χ0n) is 14.0. The van der Waals surface area contributed by atoms with E-state index in [1.165, 1.54) is 19.1 Å². The first kappa shape index (κ1) is 16.9. The van der Waals surface area contributed by atoms with Gasteiger partial charge in [0.25, 0.3) is 5.91 Å². The van der Waals surface area contributed by atoms with Gasteiger partial charge in [-0.25, -0.2) is 4.39 Å². The molecular weight excluding hydrogens is 311 g/mol. The predicted octanol–water partition coefficient (Wildman–Crippen LogP) is 1.83. The van der Waals surface area contributed by atoms with Crippen LogP contribution in [0.3, 0.4) is 0 Å². The van der Waals surface area contributed by atoms with Crippen molar-refractivity contribution >= 4 is 11.8 Å². The van der Waals surface area contributed by atoms with E-state index in [2.05, 4.69) is 5.32 Å². The summed E-state index contributed by atoms with van der Waals surface area (Å²) >= 11 is 0. The van der Waals surface area contributed by atoms with Crippen LogP contribution in [-0.2, 0) is 9.53 Å². The molecule has 0 radical (unpaired) electrons. The standard InChI is InChI=1S/C18H23FN2O3/c1-11(22)20-16-7-12-9-21(10-13(12)8-17(16)24-2)18(23)14-5-3-4-6-15(14)19/h3-6,12-13,16-17H,7-10H2,1-2H3,(H,20,22)/t12-,13+,16-,17-/m1/s1. The van der Waals surface area contributed by atoms with Crippen molar-refractivity contribution in [2.75, 3.05) is 20.2 Å². The van der Waals surface area contributed by atoms with Crippen LogP contribution in [0.1, 0.15) is 30.1 Å². The summed E-state index contributed by atoms with van der Waals surface area (Å²) in [6, 6.07) is 6.06. The molecule has 2 amide bonds. The molecule has 3 rings (SSSR count). The summed E-state index contributed by atoms with van der Waals surface area (Å²) in [6.07, 6.45) is 1.54. The first-order valence-electron chi connectivity index (χ1n) is 8.33. The molecule has 1 saturated carbocycles. The maximum Gasteiger partial charge on any atom is 0.256 e. The zero-order chi connectivity index (χ0) is 17.3. The summed E-state index contributed by atoms with van der Waals surface area (Å²) in [4.78, 5) is 25.7. The van der Waals surface area contributed by atoms with E-state index in [-0.39, 0.29) is 29.5 Å². The van der Waals surface area contributed by atoms with E-state index in [0.717, 1.165) is 12.8 Å². The number of ether oxygens (including phenoxy) is 1. The van der Waals surface area contributed by atoms with E-state index in [4.69, 9.17) is 4.74 Å². The second-order valence-electron chi connectivity index (χ2n) is 6.76. The molecule has 1 aliphatic heterocycles. The number of benzene rings is 1. The van der Waals surface area contributed by atoms with Gasteiger partial charge in [0.1, 0.15) is 5.82 Å². The summed E-state index contributed by atoms with van der Waals surface area (Å²) < 4.78 is 19.4. The highest BCUT2D eigenvalue weighted by atomic mass is 19.1. The lowest BCUT2D eigenvalue weighted by molar-refractivity contribution is -0.121. The van der Waals surface area contributed by atoms with Crippen LogP contribution in [0.2, 0.25) is 0 Å². The fourth-order valence-corrected chi connectivity index (χ4v) is 4.06. The Balaban J connectivity index is 1.71. The van der Waals surface area contributed by atoms with E-state index in [9.17, 15) is 14.0 Å². The average Bonchev–Trinajstić information content (AvgIpc) is 2.96. The van der Waals surface area contributed by atoms with E-state index < -0.39 is 5.82 Å². The van der Waals surface area contributed by atoms with Crippen LogP contribution in [0.15, 0.2) is 24.3 Å². The average molecular weight is 334 g/mol. The molecule has 1 saturated heterocycles. The van der Waals surface area contributed by atoms with Crippen molar-refractivity contribution in [2.24, 2.45) is 11.8 Å². The van der Waals surface area contributed by atoms with Gasteiger partial charge in [-0.1, -0.05) is 12.1 Å². The summed E-state index contributed by atoms with van der Waals surface area (Å²) in [7, 11) is 1.65. The van der Waals surface area contributed by atoms with E-state index in [1.807, 2.05) is 0 Å². The number of halogens is 1. The molecule has 6 heteroatoms. The monoisotopic (exact) mass is 334 g/mol. The van der Waals surface area contributed by atoms with Crippen molar-refractivity contribution in [2.45, 2.75) is 31.9 Å². The van der Waals surface area contributed by atoms with Gasteiger partial charge in [0.15, 0.2) is 0 Å². The molecule has 0 bridgehead atoms. The Bertz CT molecular complexity index is 636. The molecule has 24 heavy (non-hydrogen) atoms. The van der Waals surface area contributed by atoms with Crippen LogP contribution >= 0.6 is 0 Å². The van der Waals surface area contributed by atoms with Gasteiger partial charge in [-0.15, -0.1) is 0 Å². The molecule has 1 aliphatic carbocycles. The lowest BCUT2D eigenvalue weighted by Crippen LogP contribution is -2.49. The number of hydrogen-bond acceptors (Lipinski definition) is 3. The molecule has 1 N–H and O–H groups in total. The fraction of sp³-hybridized carbons (Fsp3) is 0.556. The Morgan fingerprint density at radius 3 is 2.50 bits per heavy atom. The van der Waals surface area contributed by atoms with Gasteiger partial charge in [-0.2, -0.15) is 0 Å². The van der Waals surface area contributed by atoms with Crippen molar-refractivity contribution in [1.82, 2.24) is 10.2 Å².